The van der Waals surface area contributed by atoms with E-state index in [0.29, 0.717) is 5.15 Å². The normalized spacial score (nSPS) is 17.7. The summed E-state index contributed by atoms with van der Waals surface area (Å²) >= 11 is 7.96. The molecule has 0 radical (unpaired) electrons. The van der Waals surface area contributed by atoms with Gasteiger partial charge in [-0.3, -0.25) is 0 Å². The first-order valence-corrected chi connectivity index (χ1v) is 7.10. The van der Waals surface area contributed by atoms with Gasteiger partial charge in [0.2, 0.25) is 0 Å². The molecule has 0 bridgehead atoms. The molecule has 1 saturated carbocycles. The zero-order valence-electron chi connectivity index (χ0n) is 9.79. The number of halogens is 1. The van der Waals surface area contributed by atoms with Gasteiger partial charge in [-0.1, -0.05) is 30.9 Å². The number of rotatable bonds is 2. The van der Waals surface area contributed by atoms with Crippen molar-refractivity contribution in [1.82, 2.24) is 9.97 Å². The van der Waals surface area contributed by atoms with Gasteiger partial charge in [0.1, 0.15) is 16.0 Å². The first kappa shape index (κ1) is 12.2. The predicted octanol–water partition coefficient (Wildman–Crippen LogP) is 4.17. The van der Waals surface area contributed by atoms with Crippen molar-refractivity contribution in [2.24, 2.45) is 0 Å². The Balaban J connectivity index is 2.13. The Hall–Kier alpha value is -0.280. The molecule has 88 valence electrons. The summed E-state index contributed by atoms with van der Waals surface area (Å²) in [6, 6.07) is 0. The van der Waals surface area contributed by atoms with Gasteiger partial charge < -0.3 is 0 Å². The standard InChI is InChI=1S/C12H17ClN2S/c1-8-11(13)14-9(2)15-12(8)16-10-6-4-3-5-7-10/h10H,3-7H2,1-2H3. The van der Waals surface area contributed by atoms with Crippen molar-refractivity contribution < 1.29 is 0 Å². The van der Waals surface area contributed by atoms with Gasteiger partial charge in [0.05, 0.1) is 0 Å². The molecule has 0 aliphatic heterocycles. The van der Waals surface area contributed by atoms with Crippen LogP contribution in [0.1, 0.15) is 43.5 Å². The van der Waals surface area contributed by atoms with Gasteiger partial charge >= 0.3 is 0 Å². The molecule has 16 heavy (non-hydrogen) atoms. The van der Waals surface area contributed by atoms with Gasteiger partial charge in [-0.05, 0) is 26.7 Å². The number of hydrogen-bond acceptors (Lipinski definition) is 3. The van der Waals surface area contributed by atoms with E-state index in [-0.39, 0.29) is 0 Å². The highest BCUT2D eigenvalue weighted by molar-refractivity contribution is 7.99. The van der Waals surface area contributed by atoms with Crippen LogP contribution < -0.4 is 0 Å². The van der Waals surface area contributed by atoms with Gasteiger partial charge in [0.25, 0.3) is 0 Å². The summed E-state index contributed by atoms with van der Waals surface area (Å²) in [7, 11) is 0. The molecular formula is C12H17ClN2S. The number of hydrogen-bond donors (Lipinski definition) is 0. The summed E-state index contributed by atoms with van der Waals surface area (Å²) < 4.78 is 0. The Morgan fingerprint density at radius 1 is 1.12 bits per heavy atom. The van der Waals surface area contributed by atoms with Crippen molar-refractivity contribution in [2.45, 2.75) is 56.2 Å². The maximum absolute atomic E-state index is 6.07. The molecular weight excluding hydrogens is 240 g/mol. The fraction of sp³-hybridized carbons (Fsp3) is 0.667. The van der Waals surface area contributed by atoms with Gasteiger partial charge in [0, 0.05) is 10.8 Å². The van der Waals surface area contributed by atoms with Crippen LogP contribution in [0.15, 0.2) is 5.03 Å². The molecule has 1 heterocycles. The van der Waals surface area contributed by atoms with E-state index >= 15 is 0 Å². The monoisotopic (exact) mass is 256 g/mol. The van der Waals surface area contributed by atoms with Gasteiger partial charge in [-0.2, -0.15) is 0 Å². The molecule has 1 aliphatic rings. The van der Waals surface area contributed by atoms with E-state index in [4.69, 9.17) is 11.6 Å². The molecule has 2 rings (SSSR count). The van der Waals surface area contributed by atoms with Crippen molar-refractivity contribution in [3.05, 3.63) is 16.5 Å². The van der Waals surface area contributed by atoms with Crippen LogP contribution in [0.25, 0.3) is 0 Å². The van der Waals surface area contributed by atoms with Gasteiger partial charge in [-0.15, -0.1) is 11.8 Å². The van der Waals surface area contributed by atoms with Crippen LogP contribution in [0.4, 0.5) is 0 Å². The maximum Gasteiger partial charge on any atom is 0.136 e. The van der Waals surface area contributed by atoms with Crippen LogP contribution in [0.3, 0.4) is 0 Å². The summed E-state index contributed by atoms with van der Waals surface area (Å²) in [4.78, 5) is 8.66. The quantitative estimate of drug-likeness (QED) is 0.743. The molecule has 1 aromatic heterocycles. The molecule has 0 spiro atoms. The smallest absolute Gasteiger partial charge is 0.136 e. The SMILES string of the molecule is Cc1nc(Cl)c(C)c(SC2CCCCC2)n1. The Labute approximate surface area is 106 Å². The lowest BCUT2D eigenvalue weighted by atomic mass is 10.0. The van der Waals surface area contributed by atoms with Crippen LogP contribution in [-0.4, -0.2) is 15.2 Å². The zero-order valence-corrected chi connectivity index (χ0v) is 11.4. The molecule has 0 aromatic carbocycles. The largest absolute Gasteiger partial charge is 0.227 e. The highest BCUT2D eigenvalue weighted by atomic mass is 35.5. The molecule has 0 amide bonds. The third-order valence-corrected chi connectivity index (χ3v) is 4.78. The minimum Gasteiger partial charge on any atom is -0.227 e. The molecule has 2 nitrogen and oxygen atoms in total. The third kappa shape index (κ3) is 2.89. The molecule has 1 fully saturated rings. The lowest BCUT2D eigenvalue weighted by Crippen LogP contribution is -2.09. The number of nitrogens with zero attached hydrogens (tertiary/aromatic N) is 2. The van der Waals surface area contributed by atoms with Crippen LogP contribution in [-0.2, 0) is 0 Å². The van der Waals surface area contributed by atoms with E-state index < -0.39 is 0 Å². The molecule has 0 N–H and O–H groups in total. The summed E-state index contributed by atoms with van der Waals surface area (Å²) in [6.45, 7) is 3.91. The number of thioether (sulfide) groups is 1. The average molecular weight is 257 g/mol. The van der Waals surface area contributed by atoms with E-state index in [9.17, 15) is 0 Å². The van der Waals surface area contributed by atoms with Crippen molar-refractivity contribution in [1.29, 1.82) is 0 Å². The molecule has 0 atom stereocenters. The lowest BCUT2D eigenvalue weighted by Gasteiger charge is -2.21. The molecule has 0 unspecified atom stereocenters. The van der Waals surface area contributed by atoms with E-state index in [1.54, 1.807) is 0 Å². The lowest BCUT2D eigenvalue weighted by molar-refractivity contribution is 0.515. The molecule has 1 aliphatic carbocycles. The summed E-state index contributed by atoms with van der Waals surface area (Å²) in [6.07, 6.45) is 6.72. The van der Waals surface area contributed by atoms with Crippen molar-refractivity contribution in [2.75, 3.05) is 0 Å². The Morgan fingerprint density at radius 3 is 2.50 bits per heavy atom. The van der Waals surface area contributed by atoms with E-state index in [1.807, 2.05) is 25.6 Å². The maximum atomic E-state index is 6.07. The first-order chi connectivity index (χ1) is 7.66. The second-order valence-corrected chi connectivity index (χ2v) is 6.02. The van der Waals surface area contributed by atoms with Crippen molar-refractivity contribution in [3.63, 3.8) is 0 Å². The second-order valence-electron chi connectivity index (χ2n) is 4.37. The van der Waals surface area contributed by atoms with Crippen molar-refractivity contribution in [3.8, 4) is 0 Å². The topological polar surface area (TPSA) is 25.8 Å². The number of aryl methyl sites for hydroxylation is 1. The van der Waals surface area contributed by atoms with Crippen LogP contribution in [0.2, 0.25) is 5.15 Å². The van der Waals surface area contributed by atoms with E-state index in [2.05, 4.69) is 9.97 Å². The van der Waals surface area contributed by atoms with Crippen LogP contribution >= 0.6 is 23.4 Å². The fourth-order valence-electron chi connectivity index (χ4n) is 2.03. The van der Waals surface area contributed by atoms with E-state index in [0.717, 1.165) is 21.7 Å². The van der Waals surface area contributed by atoms with Crippen molar-refractivity contribution >= 4 is 23.4 Å². The first-order valence-electron chi connectivity index (χ1n) is 5.84. The second kappa shape index (κ2) is 5.37. The molecule has 0 saturated heterocycles. The third-order valence-electron chi connectivity index (χ3n) is 2.98. The van der Waals surface area contributed by atoms with Gasteiger partial charge in [0.15, 0.2) is 0 Å². The van der Waals surface area contributed by atoms with E-state index in [1.165, 1.54) is 32.1 Å². The summed E-state index contributed by atoms with van der Waals surface area (Å²) in [5.74, 6) is 0.772. The summed E-state index contributed by atoms with van der Waals surface area (Å²) in [5, 5.41) is 2.40. The minimum absolute atomic E-state index is 0.603. The minimum atomic E-state index is 0.603. The van der Waals surface area contributed by atoms with Gasteiger partial charge in [-0.25, -0.2) is 9.97 Å². The highest BCUT2D eigenvalue weighted by Gasteiger charge is 2.17. The Kier molecular flexibility index (Phi) is 4.09. The number of aromatic nitrogens is 2. The zero-order chi connectivity index (χ0) is 11.5. The summed E-state index contributed by atoms with van der Waals surface area (Å²) in [5.41, 5.74) is 1.03. The molecule has 4 heteroatoms. The Morgan fingerprint density at radius 2 is 1.81 bits per heavy atom. The molecule has 1 aromatic rings. The van der Waals surface area contributed by atoms with Crippen LogP contribution in [0, 0.1) is 13.8 Å². The average Bonchev–Trinajstić information content (AvgIpc) is 2.27. The highest BCUT2D eigenvalue weighted by Crippen LogP contribution is 2.35. The fourth-order valence-corrected chi connectivity index (χ4v) is 3.64. The van der Waals surface area contributed by atoms with Crippen LogP contribution in [0.5, 0.6) is 0 Å². The Bertz CT molecular complexity index is 376. The predicted molar refractivity (Wildman–Crippen MR) is 69.2 cm³/mol.